The van der Waals surface area contributed by atoms with Gasteiger partial charge in [0.15, 0.2) is 11.5 Å². The van der Waals surface area contributed by atoms with E-state index in [0.717, 1.165) is 41.2 Å². The second-order valence-electron chi connectivity index (χ2n) is 6.84. The zero-order valence-electron chi connectivity index (χ0n) is 13.9. The Bertz CT molecular complexity index is 767. The number of carbonyl (C=O) groups is 1. The molecule has 1 aromatic carbocycles. The van der Waals surface area contributed by atoms with Gasteiger partial charge in [-0.15, -0.1) is 0 Å². The molecule has 0 saturated heterocycles. The van der Waals surface area contributed by atoms with Gasteiger partial charge in [-0.2, -0.15) is 0 Å². The van der Waals surface area contributed by atoms with E-state index >= 15 is 0 Å². The first-order valence-corrected chi connectivity index (χ1v) is 8.69. The maximum atomic E-state index is 12.5. The zero-order chi connectivity index (χ0) is 16.5. The van der Waals surface area contributed by atoms with Crippen molar-refractivity contribution in [1.82, 2.24) is 10.3 Å². The van der Waals surface area contributed by atoms with Crippen LogP contribution in [0.4, 0.5) is 0 Å². The van der Waals surface area contributed by atoms with Crippen LogP contribution in [-0.4, -0.2) is 30.1 Å². The van der Waals surface area contributed by atoms with Crippen LogP contribution >= 0.6 is 0 Å². The fraction of sp³-hybridized carbons (Fsp3) is 0.474. The standard InChI is InChI=1S/C19H22N2O3/c1-12-2-4-15(5-3-12)21-19(22)14-8-13-9-17-18(24-7-6-23-17)10-16(13)20-11-14/h8-12,15H,2-7H2,1H3,(H,21,22). The van der Waals surface area contributed by atoms with E-state index < -0.39 is 0 Å². The third-order valence-electron chi connectivity index (χ3n) is 4.96. The minimum absolute atomic E-state index is 0.0427. The van der Waals surface area contributed by atoms with Crippen molar-refractivity contribution in [2.45, 2.75) is 38.6 Å². The van der Waals surface area contributed by atoms with Gasteiger partial charge in [-0.05, 0) is 43.7 Å². The van der Waals surface area contributed by atoms with E-state index in [0.29, 0.717) is 18.8 Å². The van der Waals surface area contributed by atoms with Crippen LogP contribution in [0.15, 0.2) is 24.4 Å². The number of hydrogen-bond acceptors (Lipinski definition) is 4. The summed E-state index contributed by atoms with van der Waals surface area (Å²) >= 11 is 0. The molecular formula is C19H22N2O3. The highest BCUT2D eigenvalue weighted by Gasteiger charge is 2.21. The fourth-order valence-corrected chi connectivity index (χ4v) is 3.46. The van der Waals surface area contributed by atoms with Crippen LogP contribution < -0.4 is 14.8 Å². The molecule has 1 amide bonds. The zero-order valence-corrected chi connectivity index (χ0v) is 13.9. The van der Waals surface area contributed by atoms with Crippen molar-refractivity contribution >= 4 is 16.8 Å². The average Bonchev–Trinajstić information content (AvgIpc) is 2.61. The van der Waals surface area contributed by atoms with E-state index in [-0.39, 0.29) is 11.9 Å². The molecule has 0 spiro atoms. The summed E-state index contributed by atoms with van der Waals surface area (Å²) in [6.45, 7) is 3.38. The monoisotopic (exact) mass is 326 g/mol. The van der Waals surface area contributed by atoms with Crippen LogP contribution in [0.3, 0.4) is 0 Å². The van der Waals surface area contributed by atoms with E-state index in [9.17, 15) is 4.79 Å². The van der Waals surface area contributed by atoms with Gasteiger partial charge in [-0.1, -0.05) is 6.92 Å². The van der Waals surface area contributed by atoms with Crippen molar-refractivity contribution in [3.63, 3.8) is 0 Å². The minimum atomic E-state index is -0.0427. The molecule has 1 N–H and O–H groups in total. The molecule has 2 heterocycles. The SMILES string of the molecule is CC1CCC(NC(=O)c2cnc3cc4c(cc3c2)OCCO4)CC1. The van der Waals surface area contributed by atoms with Crippen LogP contribution in [0.2, 0.25) is 0 Å². The molecule has 1 aromatic heterocycles. The number of nitrogens with one attached hydrogen (secondary N) is 1. The number of rotatable bonds is 2. The van der Waals surface area contributed by atoms with E-state index in [1.54, 1.807) is 6.20 Å². The van der Waals surface area contributed by atoms with Crippen molar-refractivity contribution in [3.05, 3.63) is 30.0 Å². The van der Waals surface area contributed by atoms with Gasteiger partial charge in [-0.25, -0.2) is 0 Å². The lowest BCUT2D eigenvalue weighted by Gasteiger charge is -2.26. The molecule has 5 heteroatoms. The molecule has 5 nitrogen and oxygen atoms in total. The lowest BCUT2D eigenvalue weighted by atomic mass is 9.87. The topological polar surface area (TPSA) is 60.5 Å². The van der Waals surface area contributed by atoms with Crippen molar-refractivity contribution in [2.24, 2.45) is 5.92 Å². The third-order valence-corrected chi connectivity index (χ3v) is 4.96. The number of carbonyl (C=O) groups excluding carboxylic acids is 1. The van der Waals surface area contributed by atoms with Gasteiger partial charge in [-0.3, -0.25) is 9.78 Å². The summed E-state index contributed by atoms with van der Waals surface area (Å²) in [6.07, 6.45) is 6.13. The van der Waals surface area contributed by atoms with Gasteiger partial charge in [0.05, 0.1) is 11.1 Å². The molecule has 0 radical (unpaired) electrons. The minimum Gasteiger partial charge on any atom is -0.486 e. The summed E-state index contributed by atoms with van der Waals surface area (Å²) in [5.74, 6) is 2.16. The van der Waals surface area contributed by atoms with E-state index in [1.807, 2.05) is 18.2 Å². The normalized spacial score (nSPS) is 23.0. The Morgan fingerprint density at radius 3 is 2.54 bits per heavy atom. The molecule has 24 heavy (non-hydrogen) atoms. The molecule has 0 bridgehead atoms. The molecule has 4 rings (SSSR count). The van der Waals surface area contributed by atoms with Crippen LogP contribution in [0.1, 0.15) is 43.0 Å². The lowest BCUT2D eigenvalue weighted by Crippen LogP contribution is -2.37. The number of nitrogens with zero attached hydrogens (tertiary/aromatic N) is 1. The molecule has 2 aliphatic rings. The van der Waals surface area contributed by atoms with Crippen molar-refractivity contribution < 1.29 is 14.3 Å². The van der Waals surface area contributed by atoms with Crippen LogP contribution in [0, 0.1) is 5.92 Å². The molecule has 2 aromatic rings. The first kappa shape index (κ1) is 15.2. The highest BCUT2D eigenvalue weighted by Crippen LogP contribution is 2.34. The predicted octanol–water partition coefficient (Wildman–Crippen LogP) is 3.31. The molecule has 1 aliphatic heterocycles. The van der Waals surface area contributed by atoms with E-state index in [1.165, 1.54) is 12.8 Å². The number of pyridine rings is 1. The maximum absolute atomic E-state index is 12.5. The molecule has 1 saturated carbocycles. The molecule has 0 unspecified atom stereocenters. The third kappa shape index (κ3) is 3.03. The first-order valence-electron chi connectivity index (χ1n) is 8.69. The number of ether oxygens (including phenoxy) is 2. The van der Waals surface area contributed by atoms with Gasteiger partial charge in [0, 0.05) is 23.7 Å². The fourth-order valence-electron chi connectivity index (χ4n) is 3.46. The Labute approximate surface area is 141 Å². The summed E-state index contributed by atoms with van der Waals surface area (Å²) in [5, 5.41) is 4.04. The Kier molecular flexibility index (Phi) is 4.00. The predicted molar refractivity (Wildman–Crippen MR) is 91.6 cm³/mol. The second-order valence-corrected chi connectivity index (χ2v) is 6.84. The van der Waals surface area contributed by atoms with Crippen molar-refractivity contribution in [1.29, 1.82) is 0 Å². The van der Waals surface area contributed by atoms with Gasteiger partial charge < -0.3 is 14.8 Å². The van der Waals surface area contributed by atoms with Gasteiger partial charge in [0.1, 0.15) is 13.2 Å². The number of benzene rings is 1. The van der Waals surface area contributed by atoms with E-state index in [4.69, 9.17) is 9.47 Å². The number of aromatic nitrogens is 1. The number of hydrogen-bond donors (Lipinski definition) is 1. The van der Waals surface area contributed by atoms with E-state index in [2.05, 4.69) is 17.2 Å². The quantitative estimate of drug-likeness (QED) is 0.920. The summed E-state index contributed by atoms with van der Waals surface area (Å²) in [7, 11) is 0. The molecule has 1 aliphatic carbocycles. The van der Waals surface area contributed by atoms with Crippen molar-refractivity contribution in [2.75, 3.05) is 13.2 Å². The Morgan fingerprint density at radius 1 is 1.08 bits per heavy atom. The lowest BCUT2D eigenvalue weighted by molar-refractivity contribution is 0.0923. The Morgan fingerprint density at radius 2 is 1.79 bits per heavy atom. The largest absolute Gasteiger partial charge is 0.486 e. The molecule has 1 fully saturated rings. The van der Waals surface area contributed by atoms with Gasteiger partial charge >= 0.3 is 0 Å². The maximum Gasteiger partial charge on any atom is 0.253 e. The highest BCUT2D eigenvalue weighted by atomic mass is 16.6. The van der Waals surface area contributed by atoms with Crippen LogP contribution in [0.25, 0.3) is 10.9 Å². The summed E-state index contributed by atoms with van der Waals surface area (Å²) in [6, 6.07) is 5.93. The summed E-state index contributed by atoms with van der Waals surface area (Å²) in [5.41, 5.74) is 1.40. The highest BCUT2D eigenvalue weighted by molar-refractivity contribution is 5.97. The van der Waals surface area contributed by atoms with Crippen LogP contribution in [0.5, 0.6) is 11.5 Å². The number of fused-ring (bicyclic) bond motifs is 2. The molecular weight excluding hydrogens is 304 g/mol. The van der Waals surface area contributed by atoms with Crippen molar-refractivity contribution in [3.8, 4) is 11.5 Å². The first-order chi connectivity index (χ1) is 11.7. The van der Waals surface area contributed by atoms with Gasteiger partial charge in [0.2, 0.25) is 0 Å². The Hall–Kier alpha value is -2.30. The Balaban J connectivity index is 1.54. The summed E-state index contributed by atoms with van der Waals surface area (Å²) in [4.78, 5) is 16.9. The molecule has 126 valence electrons. The average molecular weight is 326 g/mol. The smallest absolute Gasteiger partial charge is 0.253 e. The second kappa shape index (κ2) is 6.30. The summed E-state index contributed by atoms with van der Waals surface area (Å²) < 4.78 is 11.2. The number of amides is 1. The van der Waals surface area contributed by atoms with Gasteiger partial charge in [0.25, 0.3) is 5.91 Å². The van der Waals surface area contributed by atoms with Crippen LogP contribution in [-0.2, 0) is 0 Å². The molecule has 0 atom stereocenters.